The lowest BCUT2D eigenvalue weighted by molar-refractivity contribution is -0.151. The molecule has 0 aromatic heterocycles. The predicted octanol–water partition coefficient (Wildman–Crippen LogP) is 4.37. The molecule has 1 aromatic carbocycles. The summed E-state index contributed by atoms with van der Waals surface area (Å²) in [5.41, 5.74) is 2.14. The number of ether oxygens (including phenoxy) is 2. The molecule has 0 amide bonds. The number of esters is 1. The van der Waals surface area contributed by atoms with Gasteiger partial charge in [0.2, 0.25) is 0 Å². The van der Waals surface area contributed by atoms with Crippen molar-refractivity contribution >= 4 is 5.97 Å². The predicted molar refractivity (Wildman–Crippen MR) is 89.4 cm³/mol. The molecule has 3 heteroatoms. The zero-order valence-electron chi connectivity index (χ0n) is 14.0. The number of hydrogen-bond acceptors (Lipinski definition) is 3. The SMILES string of the molecule is C=C(C)C[C@@H](C(=O)OCC)C(CC)COCc1ccccc1. The number of carbonyl (C=O) groups excluding carboxylic acids is 1. The van der Waals surface area contributed by atoms with Gasteiger partial charge in [0.05, 0.1) is 25.7 Å². The van der Waals surface area contributed by atoms with Crippen LogP contribution < -0.4 is 0 Å². The molecular weight excluding hydrogens is 276 g/mol. The Morgan fingerprint density at radius 2 is 1.91 bits per heavy atom. The van der Waals surface area contributed by atoms with Gasteiger partial charge in [-0.15, -0.1) is 6.58 Å². The van der Waals surface area contributed by atoms with Crippen LogP contribution in [0.5, 0.6) is 0 Å². The van der Waals surface area contributed by atoms with E-state index in [1.165, 1.54) is 0 Å². The Bertz CT molecular complexity index is 453. The molecule has 22 heavy (non-hydrogen) atoms. The molecule has 0 fully saturated rings. The normalized spacial score (nSPS) is 13.4. The van der Waals surface area contributed by atoms with Crippen molar-refractivity contribution in [3.63, 3.8) is 0 Å². The smallest absolute Gasteiger partial charge is 0.309 e. The molecule has 3 nitrogen and oxygen atoms in total. The Hall–Kier alpha value is -1.61. The van der Waals surface area contributed by atoms with E-state index in [1.807, 2.05) is 44.2 Å². The van der Waals surface area contributed by atoms with E-state index in [2.05, 4.69) is 13.5 Å². The van der Waals surface area contributed by atoms with Crippen LogP contribution in [0.15, 0.2) is 42.5 Å². The first-order chi connectivity index (χ1) is 10.6. The molecule has 122 valence electrons. The maximum absolute atomic E-state index is 12.2. The first-order valence-corrected chi connectivity index (χ1v) is 8.01. The molecule has 0 aliphatic rings. The third kappa shape index (κ3) is 6.44. The largest absolute Gasteiger partial charge is 0.466 e. The molecule has 1 aromatic rings. The lowest BCUT2D eigenvalue weighted by atomic mass is 9.86. The average molecular weight is 304 g/mol. The summed E-state index contributed by atoms with van der Waals surface area (Å²) in [6, 6.07) is 10.1. The van der Waals surface area contributed by atoms with Crippen LogP contribution >= 0.6 is 0 Å². The molecule has 0 heterocycles. The Morgan fingerprint density at radius 3 is 2.45 bits per heavy atom. The molecule has 0 saturated heterocycles. The molecule has 0 aliphatic carbocycles. The van der Waals surface area contributed by atoms with Crippen LogP contribution in [-0.4, -0.2) is 19.2 Å². The minimum atomic E-state index is -0.168. The van der Waals surface area contributed by atoms with Crippen molar-refractivity contribution in [3.8, 4) is 0 Å². The van der Waals surface area contributed by atoms with Gasteiger partial charge in [-0.2, -0.15) is 0 Å². The van der Waals surface area contributed by atoms with Gasteiger partial charge in [0, 0.05) is 0 Å². The van der Waals surface area contributed by atoms with Crippen LogP contribution in [0.4, 0.5) is 0 Å². The Morgan fingerprint density at radius 1 is 1.23 bits per heavy atom. The third-order valence-corrected chi connectivity index (χ3v) is 3.69. The first kappa shape index (κ1) is 18.4. The maximum Gasteiger partial charge on any atom is 0.309 e. The highest BCUT2D eigenvalue weighted by Gasteiger charge is 2.28. The highest BCUT2D eigenvalue weighted by molar-refractivity contribution is 5.73. The van der Waals surface area contributed by atoms with Gasteiger partial charge in [0.1, 0.15) is 0 Å². The highest BCUT2D eigenvalue weighted by Crippen LogP contribution is 2.25. The van der Waals surface area contributed by atoms with Crippen molar-refractivity contribution in [3.05, 3.63) is 48.0 Å². The second kappa shape index (κ2) is 10.2. The van der Waals surface area contributed by atoms with E-state index in [0.717, 1.165) is 17.6 Å². The summed E-state index contributed by atoms with van der Waals surface area (Å²) in [4.78, 5) is 12.2. The molecule has 0 spiro atoms. The monoisotopic (exact) mass is 304 g/mol. The van der Waals surface area contributed by atoms with Gasteiger partial charge in [0.15, 0.2) is 0 Å². The van der Waals surface area contributed by atoms with Gasteiger partial charge < -0.3 is 9.47 Å². The molecule has 0 bridgehead atoms. The quantitative estimate of drug-likeness (QED) is 0.475. The van der Waals surface area contributed by atoms with Crippen molar-refractivity contribution in [2.24, 2.45) is 11.8 Å². The van der Waals surface area contributed by atoms with Crippen molar-refractivity contribution in [1.29, 1.82) is 0 Å². The van der Waals surface area contributed by atoms with Crippen LogP contribution in [0.2, 0.25) is 0 Å². The fourth-order valence-electron chi connectivity index (χ4n) is 2.49. The van der Waals surface area contributed by atoms with Crippen molar-refractivity contribution in [2.75, 3.05) is 13.2 Å². The summed E-state index contributed by atoms with van der Waals surface area (Å²) in [5, 5.41) is 0. The summed E-state index contributed by atoms with van der Waals surface area (Å²) in [7, 11) is 0. The summed E-state index contributed by atoms with van der Waals surface area (Å²) in [5.74, 6) is -0.154. The molecule has 0 saturated carbocycles. The van der Waals surface area contributed by atoms with E-state index in [4.69, 9.17) is 9.47 Å². The van der Waals surface area contributed by atoms with E-state index in [9.17, 15) is 4.79 Å². The maximum atomic E-state index is 12.2. The Kier molecular flexibility index (Phi) is 8.53. The van der Waals surface area contributed by atoms with E-state index < -0.39 is 0 Å². The second-order valence-electron chi connectivity index (χ2n) is 5.69. The van der Waals surface area contributed by atoms with Crippen LogP contribution in [0.25, 0.3) is 0 Å². The zero-order chi connectivity index (χ0) is 16.4. The Labute approximate surface area is 134 Å². The minimum absolute atomic E-state index is 0.138. The number of allylic oxidation sites excluding steroid dienone is 1. The van der Waals surface area contributed by atoms with Gasteiger partial charge in [-0.1, -0.05) is 49.2 Å². The summed E-state index contributed by atoms with van der Waals surface area (Å²) >= 11 is 0. The molecule has 0 aliphatic heterocycles. The summed E-state index contributed by atoms with van der Waals surface area (Å²) < 4.78 is 11.0. The van der Waals surface area contributed by atoms with Crippen LogP contribution in [0.3, 0.4) is 0 Å². The zero-order valence-corrected chi connectivity index (χ0v) is 14.0. The van der Waals surface area contributed by atoms with Gasteiger partial charge in [0.25, 0.3) is 0 Å². The van der Waals surface area contributed by atoms with Crippen molar-refractivity contribution in [2.45, 2.75) is 40.2 Å². The van der Waals surface area contributed by atoms with Crippen molar-refractivity contribution in [1.82, 2.24) is 0 Å². The van der Waals surface area contributed by atoms with Gasteiger partial charge in [-0.25, -0.2) is 0 Å². The summed E-state index contributed by atoms with van der Waals surface area (Å²) in [6.07, 6.45) is 1.54. The standard InChI is InChI=1S/C19H28O3/c1-5-17(14-21-13-16-10-8-7-9-11-16)18(12-15(3)4)19(20)22-6-2/h7-11,17-18H,3,5-6,12-14H2,1-2,4H3/t17?,18-/m1/s1. The van der Waals surface area contributed by atoms with Crippen LogP contribution in [0, 0.1) is 11.8 Å². The van der Waals surface area contributed by atoms with E-state index >= 15 is 0 Å². The number of carbonyl (C=O) groups is 1. The van der Waals surface area contributed by atoms with Gasteiger partial charge in [-0.3, -0.25) is 4.79 Å². The molecular formula is C19H28O3. The topological polar surface area (TPSA) is 35.5 Å². The van der Waals surface area contributed by atoms with E-state index in [1.54, 1.807) is 0 Å². The lowest BCUT2D eigenvalue weighted by Crippen LogP contribution is -2.29. The summed E-state index contributed by atoms with van der Waals surface area (Å²) in [6.45, 7) is 11.3. The number of rotatable bonds is 10. The van der Waals surface area contributed by atoms with E-state index in [0.29, 0.717) is 26.2 Å². The molecule has 1 unspecified atom stereocenters. The van der Waals surface area contributed by atoms with Crippen LogP contribution in [-0.2, 0) is 20.9 Å². The average Bonchev–Trinajstić information content (AvgIpc) is 2.51. The fraction of sp³-hybridized carbons (Fsp3) is 0.526. The number of benzene rings is 1. The highest BCUT2D eigenvalue weighted by atomic mass is 16.5. The van der Waals surface area contributed by atoms with Gasteiger partial charge in [-0.05, 0) is 31.7 Å². The third-order valence-electron chi connectivity index (χ3n) is 3.69. The molecule has 1 rings (SSSR count). The molecule has 0 N–H and O–H groups in total. The molecule has 0 radical (unpaired) electrons. The molecule has 2 atom stereocenters. The second-order valence-corrected chi connectivity index (χ2v) is 5.69. The van der Waals surface area contributed by atoms with E-state index in [-0.39, 0.29) is 17.8 Å². The first-order valence-electron chi connectivity index (χ1n) is 8.01. The van der Waals surface area contributed by atoms with Gasteiger partial charge >= 0.3 is 5.97 Å². The minimum Gasteiger partial charge on any atom is -0.466 e. The Balaban J connectivity index is 2.60. The lowest BCUT2D eigenvalue weighted by Gasteiger charge is -2.24. The number of hydrogen-bond donors (Lipinski definition) is 0. The fourth-order valence-corrected chi connectivity index (χ4v) is 2.49. The van der Waals surface area contributed by atoms with Crippen LogP contribution in [0.1, 0.15) is 39.2 Å². The van der Waals surface area contributed by atoms with Crippen molar-refractivity contribution < 1.29 is 14.3 Å².